The van der Waals surface area contributed by atoms with E-state index in [0.717, 1.165) is 29.8 Å². The summed E-state index contributed by atoms with van der Waals surface area (Å²) in [5.74, 6) is 0. The normalized spacial score (nSPS) is 11.6. The summed E-state index contributed by atoms with van der Waals surface area (Å²) in [7, 11) is 0. The van der Waals surface area contributed by atoms with Gasteiger partial charge in [0, 0.05) is 13.1 Å². The van der Waals surface area contributed by atoms with E-state index in [1.54, 1.807) is 0 Å². The van der Waals surface area contributed by atoms with E-state index < -0.39 is 5.60 Å². The molecule has 0 aliphatic heterocycles. The molecule has 0 atom stereocenters. The van der Waals surface area contributed by atoms with Crippen LogP contribution < -0.4 is 0 Å². The van der Waals surface area contributed by atoms with E-state index in [-0.39, 0.29) is 0 Å². The average Bonchev–Trinajstić information content (AvgIpc) is 2.71. The van der Waals surface area contributed by atoms with E-state index in [2.05, 4.69) is 86.6 Å². The van der Waals surface area contributed by atoms with Crippen LogP contribution in [0.4, 0.5) is 0 Å². The Morgan fingerprint density at radius 2 is 0.920 bits per heavy atom. The smallest absolute Gasteiger partial charge is 0.165 e. The van der Waals surface area contributed by atoms with Crippen LogP contribution in [0.1, 0.15) is 30.5 Å². The fourth-order valence-electron chi connectivity index (χ4n) is 3.22. The zero-order chi connectivity index (χ0) is 17.5. The predicted molar refractivity (Wildman–Crippen MR) is 103 cm³/mol. The van der Waals surface area contributed by atoms with Crippen molar-refractivity contribution in [2.75, 3.05) is 13.1 Å². The summed E-state index contributed by atoms with van der Waals surface area (Å²) < 4.78 is 0. The molecule has 0 aromatic heterocycles. The van der Waals surface area contributed by atoms with Crippen LogP contribution in [0.3, 0.4) is 0 Å². The van der Waals surface area contributed by atoms with Gasteiger partial charge in [-0.2, -0.15) is 5.06 Å². The lowest BCUT2D eigenvalue weighted by Gasteiger charge is -2.39. The molecule has 0 fully saturated rings. The summed E-state index contributed by atoms with van der Waals surface area (Å²) in [5.41, 5.74) is 2.70. The molecule has 0 saturated heterocycles. The third-order valence-corrected chi connectivity index (χ3v) is 4.51. The van der Waals surface area contributed by atoms with Crippen LogP contribution >= 0.6 is 0 Å². The van der Waals surface area contributed by atoms with Gasteiger partial charge in [0.05, 0.1) is 0 Å². The van der Waals surface area contributed by atoms with Gasteiger partial charge < -0.3 is 0 Å². The van der Waals surface area contributed by atoms with E-state index in [0.29, 0.717) is 0 Å². The first-order valence-corrected chi connectivity index (χ1v) is 8.92. The van der Waals surface area contributed by atoms with Crippen LogP contribution in [-0.4, -0.2) is 18.2 Å². The highest BCUT2D eigenvalue weighted by molar-refractivity contribution is 5.47. The zero-order valence-electron chi connectivity index (χ0n) is 14.9. The fourth-order valence-corrected chi connectivity index (χ4v) is 3.22. The highest BCUT2D eigenvalue weighted by Gasteiger charge is 2.39. The molecule has 2 nitrogen and oxygen atoms in total. The predicted octanol–water partition coefficient (Wildman–Crippen LogP) is 5.25. The molecule has 3 rings (SSSR count). The van der Waals surface area contributed by atoms with Gasteiger partial charge in [-0.25, -0.2) is 0 Å². The zero-order valence-corrected chi connectivity index (χ0v) is 14.9. The van der Waals surface area contributed by atoms with Crippen molar-refractivity contribution in [1.82, 2.24) is 5.06 Å². The highest BCUT2D eigenvalue weighted by Crippen LogP contribution is 2.40. The molecule has 0 heterocycles. The van der Waals surface area contributed by atoms with Crippen molar-refractivity contribution in [3.8, 4) is 0 Å². The van der Waals surface area contributed by atoms with Crippen LogP contribution in [0.15, 0.2) is 91.0 Å². The second-order valence-corrected chi connectivity index (χ2v) is 5.98. The second-order valence-electron chi connectivity index (χ2n) is 5.98. The molecular formula is C23H25NO. The molecule has 0 radical (unpaired) electrons. The van der Waals surface area contributed by atoms with E-state index in [1.165, 1.54) is 0 Å². The Hall–Kier alpha value is -2.42. The third-order valence-electron chi connectivity index (χ3n) is 4.51. The second kappa shape index (κ2) is 8.11. The SMILES string of the molecule is CCN(CC)OC(c1ccccc1)(c1ccccc1)c1ccccc1. The molecular weight excluding hydrogens is 306 g/mol. The number of hydrogen-bond donors (Lipinski definition) is 0. The summed E-state index contributed by atoms with van der Waals surface area (Å²) in [6.07, 6.45) is 0. The minimum absolute atomic E-state index is 0.671. The van der Waals surface area contributed by atoms with Gasteiger partial charge in [0.1, 0.15) is 0 Å². The van der Waals surface area contributed by atoms with Crippen molar-refractivity contribution in [3.63, 3.8) is 0 Å². The Bertz CT molecular complexity index is 655. The summed E-state index contributed by atoms with van der Waals surface area (Å²) in [6.45, 7) is 5.89. The van der Waals surface area contributed by atoms with Crippen molar-refractivity contribution in [3.05, 3.63) is 108 Å². The minimum Gasteiger partial charge on any atom is -0.278 e. The van der Waals surface area contributed by atoms with Gasteiger partial charge >= 0.3 is 0 Å². The van der Waals surface area contributed by atoms with Gasteiger partial charge in [0.25, 0.3) is 0 Å². The van der Waals surface area contributed by atoms with Crippen molar-refractivity contribution in [2.24, 2.45) is 0 Å². The molecule has 0 N–H and O–H groups in total. The van der Waals surface area contributed by atoms with Gasteiger partial charge in [0.15, 0.2) is 5.60 Å². The number of benzene rings is 3. The molecule has 0 unspecified atom stereocenters. The molecule has 2 heteroatoms. The highest BCUT2D eigenvalue weighted by atomic mass is 16.7. The summed E-state index contributed by atoms with van der Waals surface area (Å²) in [5, 5.41) is 2.02. The van der Waals surface area contributed by atoms with E-state index >= 15 is 0 Å². The first kappa shape index (κ1) is 17.4. The lowest BCUT2D eigenvalue weighted by Crippen LogP contribution is -2.40. The fraction of sp³-hybridized carbons (Fsp3) is 0.217. The molecule has 0 bridgehead atoms. The number of nitrogens with zero attached hydrogens (tertiary/aromatic N) is 1. The summed E-state index contributed by atoms with van der Waals surface area (Å²) >= 11 is 0. The Balaban J connectivity index is 2.27. The van der Waals surface area contributed by atoms with Crippen molar-refractivity contribution in [2.45, 2.75) is 19.4 Å². The molecule has 0 spiro atoms. The lowest BCUT2D eigenvalue weighted by molar-refractivity contribution is -0.218. The van der Waals surface area contributed by atoms with Crippen molar-refractivity contribution >= 4 is 0 Å². The topological polar surface area (TPSA) is 12.5 Å². The van der Waals surface area contributed by atoms with Crippen LogP contribution in [-0.2, 0) is 10.4 Å². The number of hydroxylamine groups is 2. The van der Waals surface area contributed by atoms with E-state index in [1.807, 2.05) is 23.3 Å². The largest absolute Gasteiger partial charge is 0.278 e. The maximum atomic E-state index is 6.73. The molecule has 128 valence electrons. The van der Waals surface area contributed by atoms with Gasteiger partial charge in [-0.1, -0.05) is 105 Å². The molecule has 0 aliphatic carbocycles. The Morgan fingerprint density at radius 1 is 0.600 bits per heavy atom. The van der Waals surface area contributed by atoms with E-state index in [4.69, 9.17) is 4.84 Å². The maximum absolute atomic E-state index is 6.73. The summed E-state index contributed by atoms with van der Waals surface area (Å²) in [4.78, 5) is 6.73. The number of rotatable bonds is 7. The van der Waals surface area contributed by atoms with Crippen LogP contribution in [0, 0.1) is 0 Å². The maximum Gasteiger partial charge on any atom is 0.165 e. The number of hydrogen-bond acceptors (Lipinski definition) is 2. The molecule has 0 amide bonds. The van der Waals surface area contributed by atoms with E-state index in [9.17, 15) is 0 Å². The first-order valence-electron chi connectivity index (χ1n) is 8.92. The van der Waals surface area contributed by atoms with Gasteiger partial charge in [-0.15, -0.1) is 0 Å². The standard InChI is InChI=1S/C23H25NO/c1-3-24(4-2)25-23(20-14-8-5-9-15-20,21-16-10-6-11-17-21)22-18-12-7-13-19-22/h5-19H,3-4H2,1-2H3. The third kappa shape index (κ3) is 3.51. The Morgan fingerprint density at radius 3 is 1.20 bits per heavy atom. The van der Waals surface area contributed by atoms with Gasteiger partial charge in [-0.05, 0) is 16.7 Å². The van der Waals surface area contributed by atoms with Crippen LogP contribution in [0.5, 0.6) is 0 Å². The minimum atomic E-state index is -0.671. The van der Waals surface area contributed by atoms with Crippen LogP contribution in [0.25, 0.3) is 0 Å². The molecule has 25 heavy (non-hydrogen) atoms. The van der Waals surface area contributed by atoms with Gasteiger partial charge in [0.2, 0.25) is 0 Å². The lowest BCUT2D eigenvalue weighted by atomic mass is 9.80. The molecule has 3 aromatic carbocycles. The van der Waals surface area contributed by atoms with Crippen molar-refractivity contribution < 1.29 is 4.84 Å². The van der Waals surface area contributed by atoms with Crippen LogP contribution in [0.2, 0.25) is 0 Å². The monoisotopic (exact) mass is 331 g/mol. The molecule has 0 saturated carbocycles. The van der Waals surface area contributed by atoms with Crippen molar-refractivity contribution in [1.29, 1.82) is 0 Å². The average molecular weight is 331 g/mol. The Kier molecular flexibility index (Phi) is 5.64. The molecule has 3 aromatic rings. The quantitative estimate of drug-likeness (QED) is 0.433. The first-order chi connectivity index (χ1) is 12.3. The summed E-state index contributed by atoms with van der Waals surface area (Å²) in [6, 6.07) is 31.4. The Labute approximate surface area is 150 Å². The van der Waals surface area contributed by atoms with Gasteiger partial charge in [-0.3, -0.25) is 4.84 Å². The molecule has 0 aliphatic rings.